The monoisotopic (exact) mass is 217 g/mol. The molecule has 0 saturated heterocycles. The third-order valence-electron chi connectivity index (χ3n) is 3.35. The standard InChI is InChI=1S/C11H20ClNO/c1-8-5-6-10(9(8)2)13-11(14)4-3-7-12/h8-10H,3-7H2,1-2H3,(H,13,14). The van der Waals surface area contributed by atoms with Crippen LogP contribution in [0.2, 0.25) is 0 Å². The Kier molecular flexibility index (Phi) is 4.73. The molecule has 1 N–H and O–H groups in total. The molecule has 0 heterocycles. The summed E-state index contributed by atoms with van der Waals surface area (Å²) in [4.78, 5) is 11.4. The van der Waals surface area contributed by atoms with E-state index in [2.05, 4.69) is 19.2 Å². The van der Waals surface area contributed by atoms with Crippen LogP contribution < -0.4 is 5.32 Å². The van der Waals surface area contributed by atoms with Crippen LogP contribution in [0.4, 0.5) is 0 Å². The minimum absolute atomic E-state index is 0.164. The van der Waals surface area contributed by atoms with Gasteiger partial charge in [0.2, 0.25) is 5.91 Å². The number of hydrogen-bond acceptors (Lipinski definition) is 1. The van der Waals surface area contributed by atoms with Crippen LogP contribution >= 0.6 is 11.6 Å². The Morgan fingerprint density at radius 2 is 2.14 bits per heavy atom. The van der Waals surface area contributed by atoms with Crippen molar-refractivity contribution in [2.24, 2.45) is 11.8 Å². The van der Waals surface area contributed by atoms with Gasteiger partial charge in [-0.1, -0.05) is 13.8 Å². The van der Waals surface area contributed by atoms with E-state index in [0.717, 1.165) is 18.8 Å². The molecule has 0 aliphatic heterocycles. The van der Waals surface area contributed by atoms with E-state index in [0.29, 0.717) is 24.3 Å². The van der Waals surface area contributed by atoms with Gasteiger partial charge in [-0.15, -0.1) is 11.6 Å². The number of rotatable bonds is 4. The van der Waals surface area contributed by atoms with Gasteiger partial charge >= 0.3 is 0 Å². The molecule has 0 spiro atoms. The molecule has 1 saturated carbocycles. The van der Waals surface area contributed by atoms with Crippen LogP contribution in [0.3, 0.4) is 0 Å². The normalized spacial score (nSPS) is 31.8. The Labute approximate surface area is 91.4 Å². The maximum Gasteiger partial charge on any atom is 0.220 e. The lowest BCUT2D eigenvalue weighted by Crippen LogP contribution is -2.37. The second-order valence-electron chi connectivity index (χ2n) is 4.38. The summed E-state index contributed by atoms with van der Waals surface area (Å²) in [6, 6.07) is 0.396. The number of hydrogen-bond donors (Lipinski definition) is 1. The highest BCUT2D eigenvalue weighted by Gasteiger charge is 2.30. The van der Waals surface area contributed by atoms with Gasteiger partial charge in [0.1, 0.15) is 0 Å². The molecule has 1 aliphatic rings. The minimum Gasteiger partial charge on any atom is -0.353 e. The SMILES string of the molecule is CC1CCC(NC(=O)CCCCl)C1C. The molecule has 0 bridgehead atoms. The largest absolute Gasteiger partial charge is 0.353 e. The first kappa shape index (κ1) is 11.8. The topological polar surface area (TPSA) is 29.1 Å². The average Bonchev–Trinajstić information content (AvgIpc) is 2.46. The number of alkyl halides is 1. The molecule has 0 aromatic heterocycles. The first-order valence-electron chi connectivity index (χ1n) is 5.50. The van der Waals surface area contributed by atoms with Gasteiger partial charge in [0.25, 0.3) is 0 Å². The van der Waals surface area contributed by atoms with Crippen molar-refractivity contribution < 1.29 is 4.79 Å². The second kappa shape index (κ2) is 5.59. The van der Waals surface area contributed by atoms with E-state index in [-0.39, 0.29) is 5.91 Å². The van der Waals surface area contributed by atoms with E-state index in [1.165, 1.54) is 6.42 Å². The van der Waals surface area contributed by atoms with E-state index in [4.69, 9.17) is 11.6 Å². The van der Waals surface area contributed by atoms with E-state index >= 15 is 0 Å². The molecule has 3 unspecified atom stereocenters. The van der Waals surface area contributed by atoms with Crippen LogP contribution in [-0.2, 0) is 4.79 Å². The van der Waals surface area contributed by atoms with Crippen molar-refractivity contribution in [3.8, 4) is 0 Å². The summed E-state index contributed by atoms with van der Waals surface area (Å²) < 4.78 is 0. The van der Waals surface area contributed by atoms with Crippen molar-refractivity contribution in [3.05, 3.63) is 0 Å². The third-order valence-corrected chi connectivity index (χ3v) is 3.62. The lowest BCUT2D eigenvalue weighted by atomic mass is 9.98. The predicted molar refractivity (Wildman–Crippen MR) is 59.4 cm³/mol. The van der Waals surface area contributed by atoms with Gasteiger partial charge in [0.05, 0.1) is 0 Å². The molecular formula is C11H20ClNO. The Bertz CT molecular complexity index is 196. The summed E-state index contributed by atoms with van der Waals surface area (Å²) in [5, 5.41) is 3.10. The van der Waals surface area contributed by atoms with Crippen molar-refractivity contribution in [3.63, 3.8) is 0 Å². The lowest BCUT2D eigenvalue weighted by molar-refractivity contribution is -0.122. The first-order valence-corrected chi connectivity index (χ1v) is 6.04. The smallest absolute Gasteiger partial charge is 0.220 e. The molecule has 3 atom stereocenters. The van der Waals surface area contributed by atoms with E-state index in [1.807, 2.05) is 0 Å². The number of amides is 1. The fourth-order valence-corrected chi connectivity index (χ4v) is 2.21. The van der Waals surface area contributed by atoms with Crippen molar-refractivity contribution >= 4 is 17.5 Å². The Morgan fingerprint density at radius 1 is 1.43 bits per heavy atom. The molecular weight excluding hydrogens is 198 g/mol. The summed E-state index contributed by atoms with van der Waals surface area (Å²) in [5.74, 6) is 2.10. The van der Waals surface area contributed by atoms with Crippen LogP contribution in [0.1, 0.15) is 39.5 Å². The Balaban J connectivity index is 2.27. The Morgan fingerprint density at radius 3 is 2.64 bits per heavy atom. The van der Waals surface area contributed by atoms with Gasteiger partial charge in [-0.2, -0.15) is 0 Å². The molecule has 1 amide bonds. The Hall–Kier alpha value is -0.240. The van der Waals surface area contributed by atoms with Gasteiger partial charge < -0.3 is 5.32 Å². The molecule has 0 aromatic carbocycles. The van der Waals surface area contributed by atoms with Crippen molar-refractivity contribution in [2.75, 3.05) is 5.88 Å². The number of nitrogens with one attached hydrogen (secondary N) is 1. The minimum atomic E-state index is 0.164. The van der Waals surface area contributed by atoms with Gasteiger partial charge in [0, 0.05) is 18.3 Å². The fraction of sp³-hybridized carbons (Fsp3) is 0.909. The number of halogens is 1. The summed E-state index contributed by atoms with van der Waals surface area (Å²) in [5.41, 5.74) is 0. The van der Waals surface area contributed by atoms with E-state index in [9.17, 15) is 4.79 Å². The molecule has 0 radical (unpaired) electrons. The van der Waals surface area contributed by atoms with Crippen LogP contribution in [-0.4, -0.2) is 17.8 Å². The highest BCUT2D eigenvalue weighted by atomic mass is 35.5. The van der Waals surface area contributed by atoms with Gasteiger partial charge in [-0.05, 0) is 31.1 Å². The zero-order valence-electron chi connectivity index (χ0n) is 9.05. The molecule has 14 heavy (non-hydrogen) atoms. The van der Waals surface area contributed by atoms with Crippen LogP contribution in [0.15, 0.2) is 0 Å². The zero-order valence-corrected chi connectivity index (χ0v) is 9.81. The van der Waals surface area contributed by atoms with Gasteiger partial charge in [-0.25, -0.2) is 0 Å². The highest BCUT2D eigenvalue weighted by molar-refractivity contribution is 6.17. The summed E-state index contributed by atoms with van der Waals surface area (Å²) in [7, 11) is 0. The molecule has 1 rings (SSSR count). The molecule has 2 nitrogen and oxygen atoms in total. The average molecular weight is 218 g/mol. The van der Waals surface area contributed by atoms with Crippen LogP contribution in [0, 0.1) is 11.8 Å². The van der Waals surface area contributed by atoms with Crippen molar-refractivity contribution in [1.29, 1.82) is 0 Å². The third kappa shape index (κ3) is 3.16. The zero-order chi connectivity index (χ0) is 10.6. The summed E-state index contributed by atoms with van der Waals surface area (Å²) in [6.45, 7) is 4.49. The maximum atomic E-state index is 11.4. The molecule has 0 aromatic rings. The molecule has 3 heteroatoms. The first-order chi connectivity index (χ1) is 6.65. The van der Waals surface area contributed by atoms with E-state index in [1.54, 1.807) is 0 Å². The van der Waals surface area contributed by atoms with Crippen LogP contribution in [0.25, 0.3) is 0 Å². The maximum absolute atomic E-state index is 11.4. The highest BCUT2D eigenvalue weighted by Crippen LogP contribution is 2.31. The molecule has 1 fully saturated rings. The predicted octanol–water partition coefficient (Wildman–Crippen LogP) is 2.56. The van der Waals surface area contributed by atoms with Gasteiger partial charge in [0.15, 0.2) is 0 Å². The van der Waals surface area contributed by atoms with Crippen LogP contribution in [0.5, 0.6) is 0 Å². The van der Waals surface area contributed by atoms with Crippen molar-refractivity contribution in [1.82, 2.24) is 5.32 Å². The lowest BCUT2D eigenvalue weighted by Gasteiger charge is -2.19. The quantitative estimate of drug-likeness (QED) is 0.721. The fourth-order valence-electron chi connectivity index (χ4n) is 2.07. The van der Waals surface area contributed by atoms with Crippen molar-refractivity contribution in [2.45, 2.75) is 45.6 Å². The summed E-state index contributed by atoms with van der Waals surface area (Å²) in [6.07, 6.45) is 3.72. The summed E-state index contributed by atoms with van der Waals surface area (Å²) >= 11 is 5.53. The second-order valence-corrected chi connectivity index (χ2v) is 4.76. The molecule has 82 valence electrons. The van der Waals surface area contributed by atoms with Gasteiger partial charge in [-0.3, -0.25) is 4.79 Å². The number of carbonyl (C=O) groups excluding carboxylic acids is 1. The van der Waals surface area contributed by atoms with E-state index < -0.39 is 0 Å². The molecule has 1 aliphatic carbocycles. The number of carbonyl (C=O) groups is 1.